The normalized spacial score (nSPS) is 24.2. The minimum atomic E-state index is -0.471. The highest BCUT2D eigenvalue weighted by atomic mass is 16.3. The molecule has 2 aliphatic rings. The van der Waals surface area contributed by atoms with Crippen LogP contribution < -0.4 is 5.73 Å². The predicted octanol–water partition coefficient (Wildman–Crippen LogP) is 2.67. The largest absolute Gasteiger partial charge is 0.461 e. The van der Waals surface area contributed by atoms with Crippen molar-refractivity contribution >= 4 is 17.9 Å². The summed E-state index contributed by atoms with van der Waals surface area (Å²) in [5.41, 5.74) is 5.29. The third-order valence-corrected chi connectivity index (χ3v) is 4.89. The van der Waals surface area contributed by atoms with Gasteiger partial charge in [-0.1, -0.05) is 19.8 Å². The lowest BCUT2D eigenvalue weighted by Gasteiger charge is -2.26. The molecule has 23 heavy (non-hydrogen) atoms. The van der Waals surface area contributed by atoms with Crippen LogP contribution in [-0.4, -0.2) is 29.3 Å². The summed E-state index contributed by atoms with van der Waals surface area (Å²) >= 11 is 0. The van der Waals surface area contributed by atoms with Crippen LogP contribution in [0.3, 0.4) is 0 Å². The van der Waals surface area contributed by atoms with E-state index in [1.165, 1.54) is 12.5 Å². The number of nitrogens with two attached hydrogens (primary N) is 1. The zero-order valence-corrected chi connectivity index (χ0v) is 13.5. The molecule has 0 aromatic carbocycles. The van der Waals surface area contributed by atoms with Gasteiger partial charge in [-0.15, -0.1) is 0 Å². The van der Waals surface area contributed by atoms with Crippen molar-refractivity contribution in [1.29, 1.82) is 0 Å². The van der Waals surface area contributed by atoms with Crippen molar-refractivity contribution in [3.8, 4) is 0 Å². The average molecular weight is 316 g/mol. The second kappa shape index (κ2) is 6.60. The molecule has 5 nitrogen and oxygen atoms in total. The van der Waals surface area contributed by atoms with Crippen molar-refractivity contribution in [3.05, 3.63) is 29.7 Å². The van der Waals surface area contributed by atoms with E-state index in [0.29, 0.717) is 17.6 Å². The SMILES string of the molecule is C[C@@H]1C[C@H]1c1ccc(/C=C\C(=O)N(CC(N)=O)C2CCCC2)o1. The van der Waals surface area contributed by atoms with Crippen LogP contribution in [0.4, 0.5) is 0 Å². The minimum Gasteiger partial charge on any atom is -0.461 e. The van der Waals surface area contributed by atoms with Crippen LogP contribution in [0.2, 0.25) is 0 Å². The molecule has 0 radical (unpaired) electrons. The van der Waals surface area contributed by atoms with Gasteiger partial charge in [-0.2, -0.15) is 0 Å². The Bertz CT molecular complexity index is 614. The van der Waals surface area contributed by atoms with Gasteiger partial charge in [0.15, 0.2) is 0 Å². The molecular weight excluding hydrogens is 292 g/mol. The van der Waals surface area contributed by atoms with Gasteiger partial charge < -0.3 is 15.1 Å². The third kappa shape index (κ3) is 3.84. The molecule has 1 heterocycles. The Morgan fingerprint density at radius 1 is 1.35 bits per heavy atom. The van der Waals surface area contributed by atoms with Gasteiger partial charge in [0.25, 0.3) is 0 Å². The summed E-state index contributed by atoms with van der Waals surface area (Å²) in [5.74, 6) is 2.24. The van der Waals surface area contributed by atoms with Crippen molar-refractivity contribution in [3.63, 3.8) is 0 Å². The van der Waals surface area contributed by atoms with Crippen LogP contribution in [0, 0.1) is 5.92 Å². The molecule has 0 unspecified atom stereocenters. The smallest absolute Gasteiger partial charge is 0.247 e. The molecule has 2 saturated carbocycles. The molecule has 0 aliphatic heterocycles. The van der Waals surface area contributed by atoms with Gasteiger partial charge in [0.1, 0.15) is 11.5 Å². The van der Waals surface area contributed by atoms with Gasteiger partial charge in [-0.25, -0.2) is 0 Å². The molecule has 2 fully saturated rings. The highest BCUT2D eigenvalue weighted by Crippen LogP contribution is 2.47. The topological polar surface area (TPSA) is 76.5 Å². The summed E-state index contributed by atoms with van der Waals surface area (Å²) in [6.07, 6.45) is 8.41. The Morgan fingerprint density at radius 3 is 2.65 bits per heavy atom. The monoisotopic (exact) mass is 316 g/mol. The molecule has 1 aromatic heterocycles. The number of carbonyl (C=O) groups excluding carboxylic acids is 2. The van der Waals surface area contributed by atoms with E-state index in [2.05, 4.69) is 6.92 Å². The first-order valence-electron chi connectivity index (χ1n) is 8.41. The van der Waals surface area contributed by atoms with Gasteiger partial charge in [-0.05, 0) is 43.4 Å². The maximum atomic E-state index is 12.4. The molecular formula is C18H24N2O3. The number of hydrogen-bond acceptors (Lipinski definition) is 3. The van der Waals surface area contributed by atoms with Crippen LogP contribution in [0.15, 0.2) is 22.6 Å². The number of hydrogen-bond donors (Lipinski definition) is 1. The number of furan rings is 1. The first-order chi connectivity index (χ1) is 11.0. The lowest BCUT2D eigenvalue weighted by atomic mass is 10.2. The van der Waals surface area contributed by atoms with Crippen molar-refractivity contribution in [2.45, 2.75) is 51.0 Å². The minimum absolute atomic E-state index is 0.0170. The first kappa shape index (κ1) is 15.8. The van der Waals surface area contributed by atoms with Crippen molar-refractivity contribution in [2.24, 2.45) is 11.7 Å². The molecule has 2 amide bonds. The Labute approximate surface area is 136 Å². The molecule has 5 heteroatoms. The lowest BCUT2D eigenvalue weighted by molar-refractivity contribution is -0.133. The number of rotatable bonds is 6. The van der Waals surface area contributed by atoms with E-state index in [9.17, 15) is 9.59 Å². The summed E-state index contributed by atoms with van der Waals surface area (Å²) in [4.78, 5) is 25.3. The highest BCUT2D eigenvalue weighted by Gasteiger charge is 2.36. The number of amides is 2. The summed E-state index contributed by atoms with van der Waals surface area (Å²) in [6, 6.07) is 3.99. The fourth-order valence-electron chi connectivity index (χ4n) is 3.40. The van der Waals surface area contributed by atoms with Crippen LogP contribution in [0.5, 0.6) is 0 Å². The molecule has 0 saturated heterocycles. The first-order valence-corrected chi connectivity index (χ1v) is 8.41. The van der Waals surface area contributed by atoms with E-state index < -0.39 is 5.91 Å². The second-order valence-corrected chi connectivity index (χ2v) is 6.76. The zero-order valence-electron chi connectivity index (χ0n) is 13.5. The van der Waals surface area contributed by atoms with Crippen molar-refractivity contribution < 1.29 is 14.0 Å². The van der Waals surface area contributed by atoms with E-state index in [4.69, 9.17) is 10.2 Å². The molecule has 2 atom stereocenters. The summed E-state index contributed by atoms with van der Waals surface area (Å²) in [6.45, 7) is 2.19. The maximum absolute atomic E-state index is 12.4. The standard InChI is InChI=1S/C18H24N2O3/c1-12-10-15(12)16-8-6-14(23-16)7-9-18(22)20(11-17(19)21)13-4-2-3-5-13/h6-9,12-13,15H,2-5,10-11H2,1H3,(H2,19,21)/b9-7-/t12-,15-/m1/s1. The van der Waals surface area contributed by atoms with Crippen molar-refractivity contribution in [1.82, 2.24) is 4.90 Å². The molecule has 2 N–H and O–H groups in total. The Morgan fingerprint density at radius 2 is 2.04 bits per heavy atom. The summed E-state index contributed by atoms with van der Waals surface area (Å²) in [7, 11) is 0. The molecule has 0 bridgehead atoms. The molecule has 124 valence electrons. The second-order valence-electron chi connectivity index (χ2n) is 6.76. The third-order valence-electron chi connectivity index (χ3n) is 4.89. The van der Waals surface area contributed by atoms with Gasteiger partial charge in [-0.3, -0.25) is 9.59 Å². The van der Waals surface area contributed by atoms with Crippen molar-refractivity contribution in [2.75, 3.05) is 6.54 Å². The molecule has 3 rings (SSSR count). The van der Waals surface area contributed by atoms with E-state index in [0.717, 1.165) is 31.4 Å². The Hall–Kier alpha value is -2.04. The van der Waals surface area contributed by atoms with E-state index in [1.807, 2.05) is 12.1 Å². The van der Waals surface area contributed by atoms with Crippen LogP contribution in [-0.2, 0) is 9.59 Å². The van der Waals surface area contributed by atoms with Crippen LogP contribution in [0.1, 0.15) is 56.5 Å². The highest BCUT2D eigenvalue weighted by molar-refractivity contribution is 5.94. The van der Waals surface area contributed by atoms with Crippen LogP contribution >= 0.6 is 0 Å². The van der Waals surface area contributed by atoms with Crippen LogP contribution in [0.25, 0.3) is 6.08 Å². The van der Waals surface area contributed by atoms with Gasteiger partial charge in [0, 0.05) is 18.0 Å². The fourth-order valence-corrected chi connectivity index (χ4v) is 3.40. The quantitative estimate of drug-likeness (QED) is 0.820. The van der Waals surface area contributed by atoms with Gasteiger partial charge in [0.2, 0.25) is 11.8 Å². The number of primary amides is 1. The fraction of sp³-hybridized carbons (Fsp3) is 0.556. The summed E-state index contributed by atoms with van der Waals surface area (Å²) < 4.78 is 5.77. The molecule has 2 aliphatic carbocycles. The number of carbonyl (C=O) groups is 2. The average Bonchev–Trinajstić information content (AvgIpc) is 2.98. The Kier molecular flexibility index (Phi) is 4.55. The van der Waals surface area contributed by atoms with Gasteiger partial charge in [0.05, 0.1) is 6.54 Å². The lowest BCUT2D eigenvalue weighted by Crippen LogP contribution is -2.43. The zero-order chi connectivity index (χ0) is 16.4. The molecule has 0 spiro atoms. The predicted molar refractivity (Wildman–Crippen MR) is 87.4 cm³/mol. The number of nitrogens with zero attached hydrogens (tertiary/aromatic N) is 1. The summed E-state index contributed by atoms with van der Waals surface area (Å²) in [5, 5.41) is 0. The van der Waals surface area contributed by atoms with E-state index >= 15 is 0 Å². The van der Waals surface area contributed by atoms with Gasteiger partial charge >= 0.3 is 0 Å². The maximum Gasteiger partial charge on any atom is 0.247 e. The molecule has 1 aromatic rings. The van der Waals surface area contributed by atoms with E-state index in [-0.39, 0.29) is 18.5 Å². The van der Waals surface area contributed by atoms with E-state index in [1.54, 1.807) is 11.0 Å². The Balaban J connectivity index is 1.65.